The first-order valence-corrected chi connectivity index (χ1v) is 11.8. The van der Waals surface area contributed by atoms with E-state index in [2.05, 4.69) is 10.1 Å². The fraction of sp³-hybridized carbons (Fsp3) is 0.222. The number of carbonyl (C=O) groups excluding carboxylic acids is 3. The maximum Gasteiger partial charge on any atom is 0.397 e. The number of amides is 2. The van der Waals surface area contributed by atoms with Crippen molar-refractivity contribution < 1.29 is 29.0 Å². The van der Waals surface area contributed by atoms with E-state index in [9.17, 15) is 19.5 Å². The number of para-hydroxylation sites is 1. The molecule has 0 spiro atoms. The second kappa shape index (κ2) is 10.7. The van der Waals surface area contributed by atoms with Gasteiger partial charge in [-0.3, -0.25) is 9.59 Å². The minimum Gasteiger partial charge on any atom is -0.507 e. The summed E-state index contributed by atoms with van der Waals surface area (Å²) < 4.78 is 10.7. The summed E-state index contributed by atoms with van der Waals surface area (Å²) in [4.78, 5) is 38.5. The number of ether oxygens (including phenoxy) is 2. The smallest absolute Gasteiger partial charge is 0.397 e. The van der Waals surface area contributed by atoms with Crippen LogP contribution in [0.5, 0.6) is 17.2 Å². The number of aromatic hydroxyl groups is 1. The molecule has 0 saturated heterocycles. The fourth-order valence-electron chi connectivity index (χ4n) is 4.07. The molecule has 2 amide bonds. The topological polar surface area (TPSA) is 105 Å². The molecule has 36 heavy (non-hydrogen) atoms. The van der Waals surface area contributed by atoms with Gasteiger partial charge in [-0.15, -0.1) is 0 Å². The molecule has 0 aromatic heterocycles. The lowest BCUT2D eigenvalue weighted by Gasteiger charge is -2.29. The van der Waals surface area contributed by atoms with Crippen LogP contribution in [-0.4, -0.2) is 36.0 Å². The van der Waals surface area contributed by atoms with Gasteiger partial charge in [0.1, 0.15) is 17.2 Å². The molecule has 9 heteroatoms. The number of fused-ring (bicyclic) bond motifs is 1. The number of hydrogen-bond acceptors (Lipinski definition) is 6. The standard InChI is InChI=1S/C27H25ClN2O6/c1-3-35-27(34)25(32)29-18-13-16(2)24(21(28)14-18)36-19-10-11-23(31)20(15-19)26(33)30-12-6-8-17-7-4-5-9-22(17)30/h4-5,7,9-11,13-15,31H,3,6,8,12H2,1-2H3,(H,29,32). The number of anilines is 2. The molecule has 8 nitrogen and oxygen atoms in total. The fourth-order valence-corrected chi connectivity index (χ4v) is 4.37. The van der Waals surface area contributed by atoms with E-state index in [0.717, 1.165) is 24.1 Å². The van der Waals surface area contributed by atoms with Gasteiger partial charge < -0.3 is 24.8 Å². The van der Waals surface area contributed by atoms with Gasteiger partial charge in [-0.25, -0.2) is 4.79 Å². The first-order chi connectivity index (χ1) is 17.3. The number of rotatable bonds is 5. The molecule has 1 heterocycles. The normalized spacial score (nSPS) is 12.5. The summed E-state index contributed by atoms with van der Waals surface area (Å²) in [7, 11) is 0. The van der Waals surface area contributed by atoms with Gasteiger partial charge in [-0.1, -0.05) is 29.8 Å². The van der Waals surface area contributed by atoms with Crippen LogP contribution < -0.4 is 15.0 Å². The lowest BCUT2D eigenvalue weighted by molar-refractivity contribution is -0.152. The van der Waals surface area contributed by atoms with Crippen molar-refractivity contribution in [3.05, 3.63) is 76.3 Å². The number of phenols is 1. The Morgan fingerprint density at radius 3 is 2.64 bits per heavy atom. The third kappa shape index (κ3) is 5.28. The van der Waals surface area contributed by atoms with Crippen molar-refractivity contribution in [1.82, 2.24) is 0 Å². The SMILES string of the molecule is CCOC(=O)C(=O)Nc1cc(C)c(Oc2ccc(O)c(C(=O)N3CCCc4ccccc43)c2)c(Cl)c1. The van der Waals surface area contributed by atoms with Crippen LogP contribution in [0, 0.1) is 6.92 Å². The average molecular weight is 509 g/mol. The Bertz CT molecular complexity index is 1320. The highest BCUT2D eigenvalue weighted by molar-refractivity contribution is 6.37. The number of halogens is 1. The summed E-state index contributed by atoms with van der Waals surface area (Å²) in [5.41, 5.74) is 2.90. The zero-order valence-electron chi connectivity index (χ0n) is 19.8. The third-order valence-electron chi connectivity index (χ3n) is 5.72. The number of carbonyl (C=O) groups is 3. The second-order valence-corrected chi connectivity index (χ2v) is 8.66. The summed E-state index contributed by atoms with van der Waals surface area (Å²) >= 11 is 6.40. The zero-order chi connectivity index (χ0) is 25.8. The summed E-state index contributed by atoms with van der Waals surface area (Å²) in [5, 5.41) is 13.1. The van der Waals surface area contributed by atoms with Gasteiger partial charge in [-0.05, 0) is 74.2 Å². The molecule has 3 aromatic carbocycles. The molecule has 0 fully saturated rings. The molecule has 1 aliphatic rings. The van der Waals surface area contributed by atoms with Gasteiger partial charge in [-0.2, -0.15) is 0 Å². The molecule has 0 atom stereocenters. The molecule has 0 bridgehead atoms. The summed E-state index contributed by atoms with van der Waals surface area (Å²) in [6.07, 6.45) is 1.72. The summed E-state index contributed by atoms with van der Waals surface area (Å²) in [5.74, 6) is -1.79. The number of esters is 1. The lowest BCUT2D eigenvalue weighted by atomic mass is 10.0. The predicted molar refractivity (Wildman–Crippen MR) is 136 cm³/mol. The number of nitrogens with zero attached hydrogens (tertiary/aromatic N) is 1. The Hall–Kier alpha value is -4.04. The molecule has 2 N–H and O–H groups in total. The number of phenolic OH excluding ortho intramolecular Hbond substituents is 1. The predicted octanol–water partition coefficient (Wildman–Crippen LogP) is 5.24. The van der Waals surface area contributed by atoms with Crippen molar-refractivity contribution in [2.45, 2.75) is 26.7 Å². The highest BCUT2D eigenvalue weighted by Gasteiger charge is 2.26. The van der Waals surface area contributed by atoms with Crippen molar-refractivity contribution in [3.8, 4) is 17.2 Å². The highest BCUT2D eigenvalue weighted by Crippen LogP contribution is 2.37. The van der Waals surface area contributed by atoms with Gasteiger partial charge >= 0.3 is 11.9 Å². The van der Waals surface area contributed by atoms with Crippen LogP contribution in [0.4, 0.5) is 11.4 Å². The van der Waals surface area contributed by atoms with Crippen molar-refractivity contribution >= 4 is 40.8 Å². The van der Waals surface area contributed by atoms with E-state index in [0.29, 0.717) is 29.3 Å². The quantitative estimate of drug-likeness (QED) is 0.360. The van der Waals surface area contributed by atoms with Gasteiger partial charge in [0.25, 0.3) is 5.91 Å². The van der Waals surface area contributed by atoms with Gasteiger partial charge in [0.05, 0.1) is 17.2 Å². The number of nitrogens with one attached hydrogen (secondary N) is 1. The monoisotopic (exact) mass is 508 g/mol. The summed E-state index contributed by atoms with van der Waals surface area (Å²) in [6, 6.07) is 15.2. The second-order valence-electron chi connectivity index (χ2n) is 8.25. The molecule has 0 aliphatic carbocycles. The van der Waals surface area contributed by atoms with E-state index in [1.807, 2.05) is 24.3 Å². The number of aryl methyl sites for hydroxylation is 2. The molecular weight excluding hydrogens is 484 g/mol. The maximum atomic E-state index is 13.4. The molecule has 4 rings (SSSR count). The van der Waals surface area contributed by atoms with E-state index in [-0.39, 0.29) is 28.8 Å². The van der Waals surface area contributed by atoms with E-state index >= 15 is 0 Å². The van der Waals surface area contributed by atoms with E-state index in [1.54, 1.807) is 24.8 Å². The van der Waals surface area contributed by atoms with E-state index in [1.165, 1.54) is 24.3 Å². The highest BCUT2D eigenvalue weighted by atomic mass is 35.5. The lowest BCUT2D eigenvalue weighted by Crippen LogP contribution is -2.35. The number of hydrogen-bond donors (Lipinski definition) is 2. The largest absolute Gasteiger partial charge is 0.507 e. The first-order valence-electron chi connectivity index (χ1n) is 11.5. The van der Waals surface area contributed by atoms with E-state index in [4.69, 9.17) is 16.3 Å². The molecular formula is C27H25ClN2O6. The zero-order valence-corrected chi connectivity index (χ0v) is 20.6. The van der Waals surface area contributed by atoms with Gasteiger partial charge in [0.2, 0.25) is 0 Å². The van der Waals surface area contributed by atoms with Gasteiger partial charge in [0.15, 0.2) is 0 Å². The van der Waals surface area contributed by atoms with Crippen LogP contribution >= 0.6 is 11.6 Å². The van der Waals surface area contributed by atoms with Crippen LogP contribution in [0.1, 0.15) is 34.8 Å². The molecule has 0 radical (unpaired) electrons. The van der Waals surface area contributed by atoms with Crippen LogP contribution in [0.15, 0.2) is 54.6 Å². The Morgan fingerprint density at radius 2 is 1.89 bits per heavy atom. The number of benzene rings is 3. The molecule has 3 aromatic rings. The van der Waals surface area contributed by atoms with Crippen molar-refractivity contribution in [1.29, 1.82) is 0 Å². The van der Waals surface area contributed by atoms with Crippen LogP contribution in [0.2, 0.25) is 5.02 Å². The third-order valence-corrected chi connectivity index (χ3v) is 6.00. The minimum atomic E-state index is -0.996. The summed E-state index contributed by atoms with van der Waals surface area (Å²) in [6.45, 7) is 3.95. The molecule has 0 saturated carbocycles. The molecule has 1 aliphatic heterocycles. The van der Waals surface area contributed by atoms with Crippen LogP contribution in [0.3, 0.4) is 0 Å². The van der Waals surface area contributed by atoms with Gasteiger partial charge in [0, 0.05) is 17.9 Å². The Kier molecular flexibility index (Phi) is 7.45. The minimum absolute atomic E-state index is 0.0835. The van der Waals surface area contributed by atoms with Crippen LogP contribution in [0.25, 0.3) is 0 Å². The van der Waals surface area contributed by atoms with Crippen molar-refractivity contribution in [2.24, 2.45) is 0 Å². The average Bonchev–Trinajstić information content (AvgIpc) is 2.86. The van der Waals surface area contributed by atoms with Crippen molar-refractivity contribution in [3.63, 3.8) is 0 Å². The first kappa shape index (κ1) is 25.1. The van der Waals surface area contributed by atoms with Crippen LogP contribution in [-0.2, 0) is 20.7 Å². The Balaban J connectivity index is 1.57. The molecule has 186 valence electrons. The van der Waals surface area contributed by atoms with E-state index < -0.39 is 11.9 Å². The Morgan fingerprint density at radius 1 is 1.11 bits per heavy atom. The Labute approximate surface area is 213 Å². The van der Waals surface area contributed by atoms with Crippen molar-refractivity contribution in [2.75, 3.05) is 23.4 Å². The molecule has 0 unspecified atom stereocenters. The maximum absolute atomic E-state index is 13.4.